The van der Waals surface area contributed by atoms with Gasteiger partial charge in [-0.15, -0.1) is 0 Å². The van der Waals surface area contributed by atoms with E-state index in [-0.39, 0.29) is 11.7 Å². The molecule has 6 heteroatoms. The van der Waals surface area contributed by atoms with Crippen molar-refractivity contribution in [2.24, 2.45) is 0 Å². The third-order valence-electron chi connectivity index (χ3n) is 2.88. The van der Waals surface area contributed by atoms with Crippen LogP contribution in [0.25, 0.3) is 0 Å². The SMILES string of the molecule is CCOc1cc(C(=O)Nc2cccc(O)c2)cc(Br)c1OC. The molecule has 5 nitrogen and oxygen atoms in total. The van der Waals surface area contributed by atoms with Crippen LogP contribution in [0.5, 0.6) is 17.2 Å². The van der Waals surface area contributed by atoms with E-state index in [1.54, 1.807) is 24.3 Å². The van der Waals surface area contributed by atoms with Crippen LogP contribution in [-0.2, 0) is 0 Å². The fourth-order valence-electron chi connectivity index (χ4n) is 1.95. The summed E-state index contributed by atoms with van der Waals surface area (Å²) in [6.07, 6.45) is 0. The normalized spacial score (nSPS) is 10.1. The number of hydrogen-bond donors (Lipinski definition) is 2. The fourth-order valence-corrected chi connectivity index (χ4v) is 2.55. The van der Waals surface area contributed by atoms with Crippen molar-refractivity contribution in [3.63, 3.8) is 0 Å². The number of ether oxygens (including phenoxy) is 2. The molecule has 0 aliphatic rings. The zero-order valence-corrected chi connectivity index (χ0v) is 13.8. The van der Waals surface area contributed by atoms with Gasteiger partial charge in [-0.05, 0) is 47.1 Å². The lowest BCUT2D eigenvalue weighted by molar-refractivity contribution is 0.102. The van der Waals surface area contributed by atoms with Gasteiger partial charge in [-0.3, -0.25) is 4.79 Å². The third kappa shape index (κ3) is 3.71. The fraction of sp³-hybridized carbons (Fsp3) is 0.188. The van der Waals surface area contributed by atoms with Gasteiger partial charge < -0.3 is 19.9 Å². The molecule has 2 N–H and O–H groups in total. The van der Waals surface area contributed by atoms with Crippen LogP contribution >= 0.6 is 15.9 Å². The number of carbonyl (C=O) groups excluding carboxylic acids is 1. The van der Waals surface area contributed by atoms with E-state index in [9.17, 15) is 9.90 Å². The van der Waals surface area contributed by atoms with Gasteiger partial charge in [-0.2, -0.15) is 0 Å². The van der Waals surface area contributed by atoms with Crippen LogP contribution in [0, 0.1) is 0 Å². The lowest BCUT2D eigenvalue weighted by Gasteiger charge is -2.13. The molecule has 0 spiro atoms. The summed E-state index contributed by atoms with van der Waals surface area (Å²) in [4.78, 5) is 12.3. The second-order valence-electron chi connectivity index (χ2n) is 4.43. The van der Waals surface area contributed by atoms with Crippen LogP contribution in [0.15, 0.2) is 40.9 Å². The molecule has 0 bridgehead atoms. The summed E-state index contributed by atoms with van der Waals surface area (Å²) < 4.78 is 11.4. The molecule has 0 radical (unpaired) electrons. The number of anilines is 1. The molecule has 2 aromatic rings. The van der Waals surface area contributed by atoms with Gasteiger partial charge in [0.2, 0.25) is 0 Å². The van der Waals surface area contributed by atoms with Gasteiger partial charge in [0.1, 0.15) is 5.75 Å². The minimum absolute atomic E-state index is 0.0868. The Morgan fingerprint density at radius 1 is 1.32 bits per heavy atom. The predicted octanol–water partition coefficient (Wildman–Crippen LogP) is 3.81. The van der Waals surface area contributed by atoms with E-state index in [0.29, 0.717) is 33.8 Å². The highest BCUT2D eigenvalue weighted by Gasteiger charge is 2.15. The monoisotopic (exact) mass is 365 g/mol. The van der Waals surface area contributed by atoms with Gasteiger partial charge in [-0.25, -0.2) is 0 Å². The van der Waals surface area contributed by atoms with E-state index in [1.165, 1.54) is 19.2 Å². The van der Waals surface area contributed by atoms with Crippen molar-refractivity contribution in [2.75, 3.05) is 19.0 Å². The molecule has 0 fully saturated rings. The molecule has 1 amide bonds. The number of rotatable bonds is 5. The summed E-state index contributed by atoms with van der Waals surface area (Å²) in [7, 11) is 1.54. The molecule has 0 heterocycles. The van der Waals surface area contributed by atoms with Crippen molar-refractivity contribution in [1.82, 2.24) is 0 Å². The summed E-state index contributed by atoms with van der Waals surface area (Å²) in [5.74, 6) is 0.801. The Kier molecular flexibility index (Phi) is 5.27. The number of halogens is 1. The van der Waals surface area contributed by atoms with Crippen molar-refractivity contribution in [3.8, 4) is 17.2 Å². The Bertz CT molecular complexity index is 688. The van der Waals surface area contributed by atoms with Crippen LogP contribution in [0.3, 0.4) is 0 Å². The zero-order valence-electron chi connectivity index (χ0n) is 12.2. The van der Waals surface area contributed by atoms with E-state index in [1.807, 2.05) is 6.92 Å². The van der Waals surface area contributed by atoms with Crippen LogP contribution in [0.1, 0.15) is 17.3 Å². The van der Waals surface area contributed by atoms with Gasteiger partial charge in [-0.1, -0.05) is 6.07 Å². The lowest BCUT2D eigenvalue weighted by Crippen LogP contribution is -2.12. The summed E-state index contributed by atoms with van der Waals surface area (Å²) >= 11 is 3.37. The molecule has 22 heavy (non-hydrogen) atoms. The number of aromatic hydroxyl groups is 1. The van der Waals surface area contributed by atoms with Gasteiger partial charge in [0.05, 0.1) is 18.2 Å². The first-order valence-electron chi connectivity index (χ1n) is 6.66. The molecular formula is C16H16BrNO4. The van der Waals surface area contributed by atoms with Gasteiger partial charge >= 0.3 is 0 Å². The number of phenolic OH excluding ortho intramolecular Hbond substituents is 1. The highest BCUT2D eigenvalue weighted by Crippen LogP contribution is 2.36. The van der Waals surface area contributed by atoms with E-state index in [2.05, 4.69) is 21.2 Å². The highest BCUT2D eigenvalue weighted by molar-refractivity contribution is 9.10. The number of methoxy groups -OCH3 is 1. The Labute approximate surface area is 137 Å². The largest absolute Gasteiger partial charge is 0.508 e. The second-order valence-corrected chi connectivity index (χ2v) is 5.28. The maximum atomic E-state index is 12.3. The molecular weight excluding hydrogens is 350 g/mol. The van der Waals surface area contributed by atoms with Gasteiger partial charge in [0.15, 0.2) is 11.5 Å². The van der Waals surface area contributed by atoms with Crippen LogP contribution < -0.4 is 14.8 Å². The average molecular weight is 366 g/mol. The minimum atomic E-state index is -0.310. The lowest BCUT2D eigenvalue weighted by atomic mass is 10.1. The molecule has 2 rings (SSSR count). The molecule has 0 atom stereocenters. The van der Waals surface area contributed by atoms with Gasteiger partial charge in [0, 0.05) is 17.3 Å². The van der Waals surface area contributed by atoms with Crippen molar-refractivity contribution < 1.29 is 19.4 Å². The smallest absolute Gasteiger partial charge is 0.255 e. The predicted molar refractivity (Wildman–Crippen MR) is 87.9 cm³/mol. The molecule has 0 saturated carbocycles. The zero-order chi connectivity index (χ0) is 16.1. The number of phenols is 1. The topological polar surface area (TPSA) is 67.8 Å². The Balaban J connectivity index is 2.29. The Morgan fingerprint density at radius 3 is 2.73 bits per heavy atom. The number of benzene rings is 2. The highest BCUT2D eigenvalue weighted by atomic mass is 79.9. The summed E-state index contributed by atoms with van der Waals surface area (Å²) in [6.45, 7) is 2.31. The number of nitrogens with one attached hydrogen (secondary N) is 1. The van der Waals surface area contributed by atoms with E-state index in [4.69, 9.17) is 9.47 Å². The van der Waals surface area contributed by atoms with Crippen molar-refractivity contribution in [2.45, 2.75) is 6.92 Å². The number of carbonyl (C=O) groups is 1. The van der Waals surface area contributed by atoms with E-state index >= 15 is 0 Å². The van der Waals surface area contributed by atoms with E-state index < -0.39 is 0 Å². The molecule has 0 aliphatic carbocycles. The summed E-state index contributed by atoms with van der Waals surface area (Å²) in [5, 5.41) is 12.1. The molecule has 116 valence electrons. The van der Waals surface area contributed by atoms with Crippen LogP contribution in [0.2, 0.25) is 0 Å². The van der Waals surface area contributed by atoms with Crippen LogP contribution in [0.4, 0.5) is 5.69 Å². The quantitative estimate of drug-likeness (QED) is 0.845. The number of amides is 1. The Morgan fingerprint density at radius 2 is 2.09 bits per heavy atom. The maximum absolute atomic E-state index is 12.3. The number of hydrogen-bond acceptors (Lipinski definition) is 4. The molecule has 2 aromatic carbocycles. The first-order chi connectivity index (χ1) is 10.5. The molecule has 0 aliphatic heterocycles. The maximum Gasteiger partial charge on any atom is 0.255 e. The van der Waals surface area contributed by atoms with Crippen molar-refractivity contribution in [1.29, 1.82) is 0 Å². The summed E-state index contributed by atoms with van der Waals surface area (Å²) in [5.41, 5.74) is 0.925. The Hall–Kier alpha value is -2.21. The van der Waals surface area contributed by atoms with Gasteiger partial charge in [0.25, 0.3) is 5.91 Å². The molecule has 0 saturated heterocycles. The minimum Gasteiger partial charge on any atom is -0.508 e. The van der Waals surface area contributed by atoms with Crippen molar-refractivity contribution >= 4 is 27.5 Å². The average Bonchev–Trinajstić information content (AvgIpc) is 2.47. The molecule has 0 unspecified atom stereocenters. The third-order valence-corrected chi connectivity index (χ3v) is 3.47. The van der Waals surface area contributed by atoms with Crippen LogP contribution in [-0.4, -0.2) is 24.7 Å². The first-order valence-corrected chi connectivity index (χ1v) is 7.45. The van der Waals surface area contributed by atoms with Crippen molar-refractivity contribution in [3.05, 3.63) is 46.4 Å². The standard InChI is InChI=1S/C16H16BrNO4/c1-3-22-14-8-10(7-13(17)15(14)21-2)16(20)18-11-5-4-6-12(19)9-11/h4-9,19H,3H2,1-2H3,(H,18,20). The first kappa shape index (κ1) is 16.2. The van der Waals surface area contributed by atoms with E-state index in [0.717, 1.165) is 0 Å². The second kappa shape index (κ2) is 7.17. The summed E-state index contributed by atoms with van der Waals surface area (Å²) in [6, 6.07) is 9.62. The molecule has 0 aromatic heterocycles.